The smallest absolute Gasteiger partial charge is 0.324 e. The van der Waals surface area contributed by atoms with Crippen LogP contribution in [0.4, 0.5) is 0 Å². The predicted molar refractivity (Wildman–Crippen MR) is 96.1 cm³/mol. The molecule has 5 nitrogen and oxygen atoms in total. The third-order valence-electron chi connectivity index (χ3n) is 5.16. The number of nitrogens with one attached hydrogen (secondary N) is 1. The number of amides is 1. The van der Waals surface area contributed by atoms with Crippen molar-refractivity contribution in [3.8, 4) is 0 Å². The lowest BCUT2D eigenvalue weighted by atomic mass is 9.87. The van der Waals surface area contributed by atoms with Gasteiger partial charge in [-0.25, -0.2) is 0 Å². The summed E-state index contributed by atoms with van der Waals surface area (Å²) in [5.74, 6) is -0.376. The fourth-order valence-electron chi connectivity index (χ4n) is 4.00. The van der Waals surface area contributed by atoms with Crippen molar-refractivity contribution in [2.75, 3.05) is 13.1 Å². The molecule has 1 heterocycles. The van der Waals surface area contributed by atoms with E-state index in [9.17, 15) is 9.59 Å². The summed E-state index contributed by atoms with van der Waals surface area (Å²) in [6.45, 7) is 7.20. The minimum atomic E-state index is -0.498. The average molecular weight is 344 g/mol. The summed E-state index contributed by atoms with van der Waals surface area (Å²) in [4.78, 5) is 27.0. The highest BCUT2D eigenvalue weighted by molar-refractivity contribution is 5.86. The van der Waals surface area contributed by atoms with Gasteiger partial charge in [-0.2, -0.15) is 0 Å². The molecule has 1 aliphatic carbocycles. The highest BCUT2D eigenvalue weighted by Crippen LogP contribution is 2.30. The van der Waals surface area contributed by atoms with Crippen LogP contribution in [-0.4, -0.2) is 41.5 Å². The Hall–Kier alpha value is -1.88. The number of likely N-dealkylation sites (N-methyl/N-ethyl adjacent to an activating group) is 1. The van der Waals surface area contributed by atoms with Gasteiger partial charge in [0.05, 0.1) is 12.5 Å². The lowest BCUT2D eigenvalue weighted by Crippen LogP contribution is -2.57. The Bertz CT molecular complexity index is 656. The number of nitrogens with zero attached hydrogens (tertiary/aromatic N) is 1. The van der Waals surface area contributed by atoms with E-state index in [0.717, 1.165) is 25.8 Å². The number of hydrogen-bond acceptors (Lipinski definition) is 4. The van der Waals surface area contributed by atoms with Gasteiger partial charge in [-0.1, -0.05) is 31.2 Å². The van der Waals surface area contributed by atoms with E-state index < -0.39 is 11.6 Å². The molecule has 25 heavy (non-hydrogen) atoms. The Balaban J connectivity index is 1.66. The van der Waals surface area contributed by atoms with Crippen LogP contribution in [0.5, 0.6) is 0 Å². The second-order valence-electron chi connectivity index (χ2n) is 7.67. The fourth-order valence-corrected chi connectivity index (χ4v) is 4.00. The standard InChI is InChI=1S/C20H28N2O3/c1-4-22-13-20(2,3)25-19(24)17(22)12-18(23)21-16-11-7-9-14-8-5-6-10-15(14)16/h5-6,8,10,16-17H,4,7,9,11-13H2,1-3H3,(H,21,23). The van der Waals surface area contributed by atoms with Crippen LogP contribution in [0.15, 0.2) is 24.3 Å². The van der Waals surface area contributed by atoms with E-state index >= 15 is 0 Å². The minimum Gasteiger partial charge on any atom is -0.457 e. The Kier molecular flexibility index (Phi) is 5.13. The Labute approximate surface area is 149 Å². The van der Waals surface area contributed by atoms with Crippen LogP contribution < -0.4 is 5.32 Å². The molecule has 1 saturated heterocycles. The van der Waals surface area contributed by atoms with Gasteiger partial charge in [0, 0.05) is 6.54 Å². The van der Waals surface area contributed by atoms with Crippen molar-refractivity contribution in [2.24, 2.45) is 0 Å². The molecule has 1 fully saturated rings. The predicted octanol–water partition coefficient (Wildman–Crippen LogP) is 2.60. The number of hydrogen-bond donors (Lipinski definition) is 1. The Morgan fingerprint density at radius 1 is 1.36 bits per heavy atom. The van der Waals surface area contributed by atoms with Gasteiger partial charge in [0.1, 0.15) is 11.6 Å². The molecule has 0 saturated carbocycles. The molecule has 2 unspecified atom stereocenters. The highest BCUT2D eigenvalue weighted by Gasteiger charge is 2.41. The van der Waals surface area contributed by atoms with E-state index in [2.05, 4.69) is 17.4 Å². The number of morpholine rings is 1. The van der Waals surface area contributed by atoms with E-state index in [1.807, 2.05) is 37.8 Å². The quantitative estimate of drug-likeness (QED) is 0.853. The van der Waals surface area contributed by atoms with Gasteiger partial charge < -0.3 is 10.1 Å². The second kappa shape index (κ2) is 7.16. The van der Waals surface area contributed by atoms with Gasteiger partial charge in [0.2, 0.25) is 5.91 Å². The fraction of sp³-hybridized carbons (Fsp3) is 0.600. The molecule has 1 amide bonds. The van der Waals surface area contributed by atoms with Crippen LogP contribution in [0.1, 0.15) is 57.2 Å². The maximum Gasteiger partial charge on any atom is 0.324 e. The highest BCUT2D eigenvalue weighted by atomic mass is 16.6. The van der Waals surface area contributed by atoms with E-state index in [0.29, 0.717) is 6.54 Å². The third kappa shape index (κ3) is 4.03. The topological polar surface area (TPSA) is 58.6 Å². The zero-order valence-electron chi connectivity index (χ0n) is 15.4. The number of carbonyl (C=O) groups is 2. The zero-order chi connectivity index (χ0) is 18.0. The molecule has 2 atom stereocenters. The minimum absolute atomic E-state index is 0.0450. The number of carbonyl (C=O) groups excluding carboxylic acids is 2. The van der Waals surface area contributed by atoms with E-state index in [4.69, 9.17) is 4.74 Å². The Morgan fingerprint density at radius 3 is 2.88 bits per heavy atom. The van der Waals surface area contributed by atoms with E-state index in [1.165, 1.54) is 11.1 Å². The number of aryl methyl sites for hydroxylation is 1. The summed E-state index contributed by atoms with van der Waals surface area (Å²) in [6, 6.07) is 7.84. The molecule has 0 spiro atoms. The molecule has 3 rings (SSSR count). The van der Waals surface area contributed by atoms with Gasteiger partial charge >= 0.3 is 5.97 Å². The summed E-state index contributed by atoms with van der Waals surface area (Å²) in [5.41, 5.74) is 2.03. The third-order valence-corrected chi connectivity index (χ3v) is 5.16. The average Bonchev–Trinajstić information content (AvgIpc) is 2.57. The first-order valence-electron chi connectivity index (χ1n) is 9.23. The first kappa shape index (κ1) is 17.9. The normalized spacial score (nSPS) is 25.8. The SMILES string of the molecule is CCN1CC(C)(C)OC(=O)C1CC(=O)NC1CCCc2ccccc21. The number of cyclic esters (lactones) is 1. The Morgan fingerprint density at radius 2 is 2.12 bits per heavy atom. The van der Waals surface area contributed by atoms with Crippen molar-refractivity contribution < 1.29 is 14.3 Å². The molecular weight excluding hydrogens is 316 g/mol. The first-order chi connectivity index (χ1) is 11.9. The van der Waals surface area contributed by atoms with Crippen molar-refractivity contribution in [3.63, 3.8) is 0 Å². The van der Waals surface area contributed by atoms with E-state index in [-0.39, 0.29) is 24.3 Å². The maximum absolute atomic E-state index is 12.6. The van der Waals surface area contributed by atoms with Crippen molar-refractivity contribution in [1.82, 2.24) is 10.2 Å². The lowest BCUT2D eigenvalue weighted by molar-refractivity contribution is -0.178. The van der Waals surface area contributed by atoms with Gasteiger partial charge in [-0.05, 0) is 50.8 Å². The molecule has 1 aromatic rings. The number of fused-ring (bicyclic) bond motifs is 1. The summed E-state index contributed by atoms with van der Waals surface area (Å²) in [6.07, 6.45) is 3.24. The van der Waals surface area contributed by atoms with Gasteiger partial charge in [0.25, 0.3) is 0 Å². The lowest BCUT2D eigenvalue weighted by Gasteiger charge is -2.42. The largest absolute Gasteiger partial charge is 0.457 e. The molecule has 2 aliphatic rings. The number of ether oxygens (including phenoxy) is 1. The first-order valence-corrected chi connectivity index (χ1v) is 9.23. The number of rotatable bonds is 4. The summed E-state index contributed by atoms with van der Waals surface area (Å²) in [7, 11) is 0. The molecule has 1 N–H and O–H groups in total. The molecule has 0 radical (unpaired) electrons. The molecule has 136 valence electrons. The maximum atomic E-state index is 12.6. The molecule has 1 aliphatic heterocycles. The van der Waals surface area contributed by atoms with Gasteiger partial charge in [0.15, 0.2) is 0 Å². The molecule has 1 aromatic carbocycles. The summed E-state index contributed by atoms with van der Waals surface area (Å²) in [5, 5.41) is 3.13. The van der Waals surface area contributed by atoms with Crippen LogP contribution in [0.25, 0.3) is 0 Å². The molecular formula is C20H28N2O3. The van der Waals surface area contributed by atoms with Crippen molar-refractivity contribution in [2.45, 2.75) is 64.1 Å². The molecule has 5 heteroatoms. The van der Waals surface area contributed by atoms with Crippen LogP contribution >= 0.6 is 0 Å². The number of benzene rings is 1. The monoisotopic (exact) mass is 344 g/mol. The molecule has 0 aromatic heterocycles. The number of esters is 1. The van der Waals surface area contributed by atoms with Crippen LogP contribution in [0.3, 0.4) is 0 Å². The van der Waals surface area contributed by atoms with E-state index in [1.54, 1.807) is 0 Å². The van der Waals surface area contributed by atoms with Crippen molar-refractivity contribution in [1.29, 1.82) is 0 Å². The van der Waals surface area contributed by atoms with Crippen molar-refractivity contribution >= 4 is 11.9 Å². The molecule has 0 bridgehead atoms. The zero-order valence-corrected chi connectivity index (χ0v) is 15.4. The second-order valence-corrected chi connectivity index (χ2v) is 7.67. The van der Waals surface area contributed by atoms with Crippen LogP contribution in [0.2, 0.25) is 0 Å². The summed E-state index contributed by atoms with van der Waals surface area (Å²) < 4.78 is 5.50. The van der Waals surface area contributed by atoms with Gasteiger partial charge in [-0.15, -0.1) is 0 Å². The van der Waals surface area contributed by atoms with Crippen LogP contribution in [0, 0.1) is 0 Å². The summed E-state index contributed by atoms with van der Waals surface area (Å²) >= 11 is 0. The van der Waals surface area contributed by atoms with Crippen molar-refractivity contribution in [3.05, 3.63) is 35.4 Å². The van der Waals surface area contributed by atoms with Gasteiger partial charge in [-0.3, -0.25) is 14.5 Å². The van der Waals surface area contributed by atoms with Crippen LogP contribution in [-0.2, 0) is 20.7 Å².